The summed E-state index contributed by atoms with van der Waals surface area (Å²) < 4.78 is 68.4. The van der Waals surface area contributed by atoms with Crippen molar-refractivity contribution in [2.45, 2.75) is 38.5 Å². The van der Waals surface area contributed by atoms with Crippen LogP contribution in [0.25, 0.3) is 0 Å². The highest BCUT2D eigenvalue weighted by molar-refractivity contribution is 7.89. The molecule has 3 rings (SSSR count). The lowest BCUT2D eigenvalue weighted by atomic mass is 9.98. The maximum Gasteiger partial charge on any atom is 0.257 e. The van der Waals surface area contributed by atoms with Crippen LogP contribution in [0.2, 0.25) is 0 Å². The van der Waals surface area contributed by atoms with Crippen LogP contribution in [0.15, 0.2) is 35.2 Å². The largest absolute Gasteiger partial charge is 0.371 e. The molecule has 33 heavy (non-hydrogen) atoms. The number of hydrogen-bond donors (Lipinski definition) is 1. The molecule has 2 aromatic carbocycles. The summed E-state index contributed by atoms with van der Waals surface area (Å²) in [6, 6.07) is 5.92. The highest BCUT2D eigenvalue weighted by atomic mass is 32.2. The van der Waals surface area contributed by atoms with E-state index >= 15 is 0 Å². The summed E-state index contributed by atoms with van der Waals surface area (Å²) in [5.74, 6) is -4.89. The van der Waals surface area contributed by atoms with Crippen LogP contribution in [-0.2, 0) is 10.0 Å². The lowest BCUT2D eigenvalue weighted by Gasteiger charge is -2.33. The van der Waals surface area contributed by atoms with Crippen molar-refractivity contribution in [3.8, 4) is 0 Å². The van der Waals surface area contributed by atoms with Crippen molar-refractivity contribution >= 4 is 27.3 Å². The lowest BCUT2D eigenvalue weighted by molar-refractivity contribution is 0.102. The molecule has 0 bridgehead atoms. The standard InChI is InChI=1S/C23H28F3N3O3S/c1-4-29(5-2)33(31,32)16-6-9-20(28-12-10-15(3)11-13-28)17(14-16)23(30)27-19-8-7-18(24)21(25)22(19)26/h6-9,14-15H,4-5,10-13H2,1-3H3,(H,27,30). The molecular formula is C23H28F3N3O3S. The van der Waals surface area contributed by atoms with Gasteiger partial charge in [0.25, 0.3) is 5.91 Å². The van der Waals surface area contributed by atoms with Crippen LogP contribution in [0.1, 0.15) is 44.0 Å². The maximum absolute atomic E-state index is 14.2. The van der Waals surface area contributed by atoms with Crippen molar-refractivity contribution in [2.75, 3.05) is 36.4 Å². The lowest BCUT2D eigenvalue weighted by Crippen LogP contribution is -2.35. The molecular weight excluding hydrogens is 455 g/mol. The van der Waals surface area contributed by atoms with Crippen LogP contribution >= 0.6 is 0 Å². The Morgan fingerprint density at radius 3 is 2.30 bits per heavy atom. The Morgan fingerprint density at radius 2 is 1.70 bits per heavy atom. The van der Waals surface area contributed by atoms with Gasteiger partial charge in [-0.2, -0.15) is 4.31 Å². The Bertz CT molecular complexity index is 1130. The average molecular weight is 484 g/mol. The summed E-state index contributed by atoms with van der Waals surface area (Å²) in [6.07, 6.45) is 1.80. The van der Waals surface area contributed by atoms with Crippen molar-refractivity contribution in [2.24, 2.45) is 5.92 Å². The molecule has 1 fully saturated rings. The Kier molecular flexibility index (Phi) is 7.69. The fraction of sp³-hybridized carbons (Fsp3) is 0.435. The summed E-state index contributed by atoms with van der Waals surface area (Å²) in [5.41, 5.74) is -0.0167. The number of rotatable bonds is 7. The Balaban J connectivity index is 2.05. The zero-order chi connectivity index (χ0) is 24.3. The molecule has 0 aromatic heterocycles. The summed E-state index contributed by atoms with van der Waals surface area (Å²) in [6.45, 7) is 7.41. The number of nitrogens with one attached hydrogen (secondary N) is 1. The minimum absolute atomic E-state index is 0.0157. The zero-order valence-electron chi connectivity index (χ0n) is 18.9. The number of anilines is 2. The number of carbonyl (C=O) groups excluding carboxylic acids is 1. The first-order valence-corrected chi connectivity index (χ1v) is 12.4. The summed E-state index contributed by atoms with van der Waals surface area (Å²) in [5, 5.41) is 2.26. The second-order valence-corrected chi connectivity index (χ2v) is 10.1. The Morgan fingerprint density at radius 1 is 1.06 bits per heavy atom. The van der Waals surface area contributed by atoms with Crippen LogP contribution in [0.3, 0.4) is 0 Å². The first-order valence-electron chi connectivity index (χ1n) is 10.9. The van der Waals surface area contributed by atoms with Gasteiger partial charge in [0.15, 0.2) is 17.5 Å². The summed E-state index contributed by atoms with van der Waals surface area (Å²) in [7, 11) is -3.86. The van der Waals surface area contributed by atoms with Gasteiger partial charge >= 0.3 is 0 Å². The number of piperidine rings is 1. The van der Waals surface area contributed by atoms with Crippen LogP contribution in [0.5, 0.6) is 0 Å². The predicted octanol–water partition coefficient (Wildman–Crippen LogP) is 4.62. The molecule has 180 valence electrons. The maximum atomic E-state index is 14.2. The Hall–Kier alpha value is -2.59. The molecule has 0 aliphatic carbocycles. The zero-order valence-corrected chi connectivity index (χ0v) is 19.7. The highest BCUT2D eigenvalue weighted by Gasteiger charge is 2.27. The fourth-order valence-corrected chi connectivity index (χ4v) is 5.39. The molecule has 0 radical (unpaired) electrons. The third-order valence-corrected chi connectivity index (χ3v) is 8.01. The summed E-state index contributed by atoms with van der Waals surface area (Å²) in [4.78, 5) is 15.1. The van der Waals surface area contributed by atoms with E-state index in [1.165, 1.54) is 16.4 Å². The number of nitrogens with zero attached hydrogens (tertiary/aromatic N) is 2. The molecule has 0 spiro atoms. The van der Waals surface area contributed by atoms with Gasteiger partial charge in [-0.1, -0.05) is 20.8 Å². The van der Waals surface area contributed by atoms with Crippen LogP contribution in [-0.4, -0.2) is 44.8 Å². The van der Waals surface area contributed by atoms with E-state index in [-0.39, 0.29) is 23.5 Å². The fourth-order valence-electron chi connectivity index (χ4n) is 3.91. The van der Waals surface area contributed by atoms with Crippen molar-refractivity contribution in [3.63, 3.8) is 0 Å². The quantitative estimate of drug-likeness (QED) is 0.584. The van der Waals surface area contributed by atoms with Crippen LogP contribution < -0.4 is 10.2 Å². The van der Waals surface area contributed by atoms with E-state index in [2.05, 4.69) is 12.2 Å². The van der Waals surface area contributed by atoms with E-state index in [0.717, 1.165) is 18.9 Å². The highest BCUT2D eigenvalue weighted by Crippen LogP contribution is 2.30. The predicted molar refractivity (Wildman–Crippen MR) is 121 cm³/mol. The molecule has 0 atom stereocenters. The van der Waals surface area contributed by atoms with Gasteiger partial charge in [0.2, 0.25) is 10.0 Å². The van der Waals surface area contributed by atoms with Gasteiger partial charge in [-0.15, -0.1) is 0 Å². The molecule has 0 saturated carbocycles. The number of carbonyl (C=O) groups is 1. The topological polar surface area (TPSA) is 69.7 Å². The second-order valence-electron chi connectivity index (χ2n) is 8.11. The van der Waals surface area contributed by atoms with E-state index in [1.54, 1.807) is 19.9 Å². The first kappa shape index (κ1) is 25.0. The van der Waals surface area contributed by atoms with E-state index in [1.807, 2.05) is 4.90 Å². The van der Waals surface area contributed by atoms with Crippen molar-refractivity contribution in [1.29, 1.82) is 0 Å². The molecule has 10 heteroatoms. The van der Waals surface area contributed by atoms with E-state index in [0.29, 0.717) is 30.8 Å². The molecule has 1 aliphatic heterocycles. The number of sulfonamides is 1. The Labute approximate surface area is 192 Å². The monoisotopic (exact) mass is 483 g/mol. The van der Waals surface area contributed by atoms with Gasteiger partial charge in [-0.3, -0.25) is 4.79 Å². The van der Waals surface area contributed by atoms with Crippen molar-refractivity contribution < 1.29 is 26.4 Å². The third-order valence-electron chi connectivity index (χ3n) is 5.96. The molecule has 1 saturated heterocycles. The van der Waals surface area contributed by atoms with Crippen molar-refractivity contribution in [3.05, 3.63) is 53.3 Å². The minimum atomic E-state index is -3.86. The van der Waals surface area contributed by atoms with Gasteiger partial charge in [-0.25, -0.2) is 21.6 Å². The van der Waals surface area contributed by atoms with E-state index in [4.69, 9.17) is 0 Å². The molecule has 2 aromatic rings. The molecule has 1 amide bonds. The number of amides is 1. The molecule has 1 N–H and O–H groups in total. The van der Waals surface area contributed by atoms with Crippen molar-refractivity contribution in [1.82, 2.24) is 4.31 Å². The minimum Gasteiger partial charge on any atom is -0.371 e. The first-order chi connectivity index (χ1) is 15.6. The van der Waals surface area contributed by atoms with Crippen LogP contribution in [0, 0.1) is 23.4 Å². The average Bonchev–Trinajstić information content (AvgIpc) is 2.80. The SMILES string of the molecule is CCN(CC)S(=O)(=O)c1ccc(N2CCC(C)CC2)c(C(=O)Nc2ccc(F)c(F)c2F)c1. The number of halogens is 3. The van der Waals surface area contributed by atoms with Gasteiger partial charge in [0.05, 0.1) is 16.1 Å². The molecule has 6 nitrogen and oxygen atoms in total. The number of hydrogen-bond acceptors (Lipinski definition) is 4. The number of benzene rings is 2. The van der Waals surface area contributed by atoms with Gasteiger partial charge in [-0.05, 0) is 49.1 Å². The smallest absolute Gasteiger partial charge is 0.257 e. The van der Waals surface area contributed by atoms with Gasteiger partial charge in [0, 0.05) is 31.9 Å². The summed E-state index contributed by atoms with van der Waals surface area (Å²) >= 11 is 0. The van der Waals surface area contributed by atoms with Gasteiger partial charge < -0.3 is 10.2 Å². The molecule has 1 aliphatic rings. The second kappa shape index (κ2) is 10.1. The molecule has 1 heterocycles. The van der Waals surface area contributed by atoms with Crippen LogP contribution in [0.4, 0.5) is 24.5 Å². The molecule has 0 unspecified atom stereocenters. The van der Waals surface area contributed by atoms with E-state index < -0.39 is 39.1 Å². The van der Waals surface area contributed by atoms with Gasteiger partial charge in [0.1, 0.15) is 0 Å². The normalized spacial score (nSPS) is 15.2. The third kappa shape index (κ3) is 5.16. The van der Waals surface area contributed by atoms with E-state index in [9.17, 15) is 26.4 Å².